The highest BCUT2D eigenvalue weighted by Crippen LogP contribution is 2.29. The minimum Gasteiger partial charge on any atom is -0.490 e. The van der Waals surface area contributed by atoms with Gasteiger partial charge in [0.15, 0.2) is 5.75 Å². The summed E-state index contributed by atoms with van der Waals surface area (Å²) in [5.41, 5.74) is -0.0703. The van der Waals surface area contributed by atoms with Crippen molar-refractivity contribution in [3.8, 4) is 11.5 Å². The van der Waals surface area contributed by atoms with Gasteiger partial charge in [0.05, 0.1) is 4.92 Å². The van der Waals surface area contributed by atoms with Gasteiger partial charge in [-0.25, -0.2) is 0 Å². The van der Waals surface area contributed by atoms with Crippen molar-refractivity contribution in [2.75, 3.05) is 13.2 Å². The number of halogens is 1. The third kappa shape index (κ3) is 3.96. The summed E-state index contributed by atoms with van der Waals surface area (Å²) < 4.78 is 11.5. The van der Waals surface area contributed by atoms with Crippen molar-refractivity contribution in [2.45, 2.75) is 0 Å². The minimum atomic E-state index is -0.474. The van der Waals surface area contributed by atoms with Gasteiger partial charge < -0.3 is 9.47 Å². The lowest BCUT2D eigenvalue weighted by Crippen LogP contribution is -2.09. The van der Waals surface area contributed by atoms with E-state index < -0.39 is 4.92 Å². The van der Waals surface area contributed by atoms with E-state index in [1.165, 1.54) is 6.07 Å². The maximum atomic E-state index is 10.9. The van der Waals surface area contributed by atoms with Crippen LogP contribution in [0.2, 0.25) is 0 Å². The Labute approximate surface area is 124 Å². The maximum absolute atomic E-state index is 10.9. The number of hydrogen-bond acceptors (Lipinski definition) is 4. The molecule has 2 aromatic rings. The Bertz CT molecular complexity index is 589. The quantitative estimate of drug-likeness (QED) is 0.456. The van der Waals surface area contributed by atoms with Crippen LogP contribution >= 0.6 is 15.9 Å². The first-order valence-corrected chi connectivity index (χ1v) is 6.71. The Hall–Kier alpha value is -2.08. The summed E-state index contributed by atoms with van der Waals surface area (Å²) in [5, 5.41) is 10.9. The molecular formula is C14H12BrNO4. The van der Waals surface area contributed by atoms with Gasteiger partial charge in [0.1, 0.15) is 19.0 Å². The fraction of sp³-hybridized carbons (Fsp3) is 0.143. The second kappa shape index (κ2) is 6.91. The van der Waals surface area contributed by atoms with Crippen LogP contribution in [0.25, 0.3) is 0 Å². The molecule has 0 aliphatic carbocycles. The molecule has 0 saturated heterocycles. The zero-order valence-electron chi connectivity index (χ0n) is 10.5. The SMILES string of the molecule is O=[N+]([O-])c1cc(Br)ccc1OCCOc1ccccc1. The van der Waals surface area contributed by atoms with E-state index >= 15 is 0 Å². The van der Waals surface area contributed by atoms with Gasteiger partial charge in [-0.05, 0) is 24.3 Å². The molecule has 0 fully saturated rings. The lowest BCUT2D eigenvalue weighted by atomic mass is 10.3. The van der Waals surface area contributed by atoms with E-state index in [1.54, 1.807) is 12.1 Å². The van der Waals surface area contributed by atoms with Crippen molar-refractivity contribution in [1.29, 1.82) is 0 Å². The molecule has 0 aromatic heterocycles. The van der Waals surface area contributed by atoms with E-state index in [1.807, 2.05) is 30.3 Å². The maximum Gasteiger partial charge on any atom is 0.312 e. The molecule has 20 heavy (non-hydrogen) atoms. The predicted molar refractivity (Wildman–Crippen MR) is 78.2 cm³/mol. The minimum absolute atomic E-state index is 0.0703. The van der Waals surface area contributed by atoms with Crippen LogP contribution < -0.4 is 9.47 Å². The largest absolute Gasteiger partial charge is 0.490 e. The van der Waals surface area contributed by atoms with Crippen LogP contribution in [0.1, 0.15) is 0 Å². The molecule has 0 atom stereocenters. The van der Waals surface area contributed by atoms with Crippen molar-refractivity contribution in [2.24, 2.45) is 0 Å². The zero-order valence-corrected chi connectivity index (χ0v) is 12.1. The monoisotopic (exact) mass is 337 g/mol. The van der Waals surface area contributed by atoms with Gasteiger partial charge in [0.2, 0.25) is 0 Å². The molecule has 0 N–H and O–H groups in total. The molecule has 0 radical (unpaired) electrons. The smallest absolute Gasteiger partial charge is 0.312 e. The lowest BCUT2D eigenvalue weighted by Gasteiger charge is -2.08. The molecule has 0 aliphatic rings. The third-order valence-corrected chi connectivity index (χ3v) is 2.96. The van der Waals surface area contributed by atoms with Gasteiger partial charge in [0, 0.05) is 10.5 Å². The fourth-order valence-corrected chi connectivity index (χ4v) is 1.93. The van der Waals surface area contributed by atoms with Gasteiger partial charge in [0.25, 0.3) is 0 Å². The highest BCUT2D eigenvalue weighted by atomic mass is 79.9. The molecule has 104 valence electrons. The molecule has 0 aliphatic heterocycles. The molecule has 2 aromatic carbocycles. The van der Waals surface area contributed by atoms with E-state index in [4.69, 9.17) is 9.47 Å². The van der Waals surface area contributed by atoms with Crippen LogP contribution in [-0.4, -0.2) is 18.1 Å². The summed E-state index contributed by atoms with van der Waals surface area (Å²) in [4.78, 5) is 10.4. The number of nitrogens with zero attached hydrogens (tertiary/aromatic N) is 1. The average molecular weight is 338 g/mol. The van der Waals surface area contributed by atoms with E-state index in [0.717, 1.165) is 5.75 Å². The standard InChI is InChI=1S/C14H12BrNO4/c15-11-6-7-14(13(10-11)16(17)18)20-9-8-19-12-4-2-1-3-5-12/h1-7,10H,8-9H2. The highest BCUT2D eigenvalue weighted by molar-refractivity contribution is 9.10. The van der Waals surface area contributed by atoms with Crippen LogP contribution in [-0.2, 0) is 0 Å². The molecule has 0 bridgehead atoms. The summed E-state index contributed by atoms with van der Waals surface area (Å²) in [6.07, 6.45) is 0. The summed E-state index contributed by atoms with van der Waals surface area (Å²) in [6, 6.07) is 14.0. The molecular weight excluding hydrogens is 326 g/mol. The van der Waals surface area contributed by atoms with Crippen LogP contribution in [0, 0.1) is 10.1 Å². The molecule has 0 heterocycles. The molecule has 2 rings (SSSR count). The summed E-state index contributed by atoms with van der Waals surface area (Å²) >= 11 is 3.19. The molecule has 0 amide bonds. The number of nitro benzene ring substituents is 1. The predicted octanol–water partition coefficient (Wildman–Crippen LogP) is 3.82. The molecule has 0 unspecified atom stereocenters. The Morgan fingerprint density at radius 2 is 1.75 bits per heavy atom. The van der Waals surface area contributed by atoms with Gasteiger partial charge in [-0.2, -0.15) is 0 Å². The summed E-state index contributed by atoms with van der Waals surface area (Å²) in [6.45, 7) is 0.550. The van der Waals surface area contributed by atoms with E-state index in [2.05, 4.69) is 15.9 Å². The first kappa shape index (κ1) is 14.3. The van der Waals surface area contributed by atoms with Crippen molar-refractivity contribution in [1.82, 2.24) is 0 Å². The zero-order chi connectivity index (χ0) is 14.4. The average Bonchev–Trinajstić information content (AvgIpc) is 2.45. The fourth-order valence-electron chi connectivity index (χ4n) is 1.58. The van der Waals surface area contributed by atoms with Gasteiger partial charge >= 0.3 is 5.69 Å². The van der Waals surface area contributed by atoms with Crippen molar-refractivity contribution < 1.29 is 14.4 Å². The Morgan fingerprint density at radius 3 is 2.45 bits per heavy atom. The second-order valence-corrected chi connectivity index (χ2v) is 4.79. The first-order valence-electron chi connectivity index (χ1n) is 5.91. The van der Waals surface area contributed by atoms with E-state index in [0.29, 0.717) is 11.1 Å². The normalized spacial score (nSPS) is 10.1. The molecule has 0 spiro atoms. The summed E-state index contributed by atoms with van der Waals surface area (Å²) in [7, 11) is 0. The van der Waals surface area contributed by atoms with E-state index in [9.17, 15) is 10.1 Å². The number of rotatable bonds is 6. The van der Waals surface area contributed by atoms with Crippen molar-refractivity contribution in [3.63, 3.8) is 0 Å². The first-order chi connectivity index (χ1) is 9.66. The van der Waals surface area contributed by atoms with Crippen molar-refractivity contribution >= 4 is 21.6 Å². The van der Waals surface area contributed by atoms with E-state index in [-0.39, 0.29) is 18.0 Å². The number of nitro groups is 1. The Balaban J connectivity index is 1.90. The topological polar surface area (TPSA) is 61.6 Å². The van der Waals surface area contributed by atoms with Crippen LogP contribution in [0.3, 0.4) is 0 Å². The number of para-hydroxylation sites is 1. The van der Waals surface area contributed by atoms with Crippen LogP contribution in [0.4, 0.5) is 5.69 Å². The van der Waals surface area contributed by atoms with Crippen molar-refractivity contribution in [3.05, 3.63) is 63.1 Å². The summed E-state index contributed by atoms with van der Waals surface area (Å²) in [5.74, 6) is 0.969. The number of ether oxygens (including phenoxy) is 2. The van der Waals surface area contributed by atoms with Gasteiger partial charge in [-0.3, -0.25) is 10.1 Å². The Kier molecular flexibility index (Phi) is 4.95. The van der Waals surface area contributed by atoms with Crippen LogP contribution in [0.5, 0.6) is 11.5 Å². The van der Waals surface area contributed by atoms with Gasteiger partial charge in [-0.15, -0.1) is 0 Å². The molecule has 6 heteroatoms. The van der Waals surface area contributed by atoms with Crippen LogP contribution in [0.15, 0.2) is 53.0 Å². The second-order valence-electron chi connectivity index (χ2n) is 3.88. The highest BCUT2D eigenvalue weighted by Gasteiger charge is 2.15. The molecule has 0 saturated carbocycles. The van der Waals surface area contributed by atoms with Gasteiger partial charge in [-0.1, -0.05) is 34.1 Å². The lowest BCUT2D eigenvalue weighted by molar-refractivity contribution is -0.385. The Morgan fingerprint density at radius 1 is 1.05 bits per heavy atom. The number of hydrogen-bond donors (Lipinski definition) is 0. The third-order valence-electron chi connectivity index (χ3n) is 2.47. The number of benzene rings is 2. The molecule has 5 nitrogen and oxygen atoms in total.